The average molecular weight is 223 g/mol. The van der Waals surface area contributed by atoms with Crippen LogP contribution in [-0.2, 0) is 4.79 Å². The van der Waals surface area contributed by atoms with Crippen molar-refractivity contribution in [3.05, 3.63) is 36.4 Å². The molecule has 0 aromatic heterocycles. The van der Waals surface area contributed by atoms with E-state index < -0.39 is 0 Å². The predicted octanol–water partition coefficient (Wildman–Crippen LogP) is -0.692. The van der Waals surface area contributed by atoms with Gasteiger partial charge in [-0.3, -0.25) is 4.79 Å². The second-order valence-electron chi connectivity index (χ2n) is 3.29. The van der Waals surface area contributed by atoms with Gasteiger partial charge in [0.1, 0.15) is 5.75 Å². The Labute approximate surface area is 116 Å². The van der Waals surface area contributed by atoms with Crippen LogP contribution in [0.4, 0.5) is 5.69 Å². The molecule has 0 spiro atoms. The van der Waals surface area contributed by atoms with Crippen LogP contribution in [0.5, 0.6) is 5.75 Å². The van der Waals surface area contributed by atoms with E-state index in [0.29, 0.717) is 11.1 Å². The molecule has 3 nitrogen and oxygen atoms in total. The summed E-state index contributed by atoms with van der Waals surface area (Å²) in [6.45, 7) is 1.43. The first-order chi connectivity index (χ1) is 7.18. The molecule has 0 aliphatic rings. The van der Waals surface area contributed by atoms with Crippen LogP contribution >= 0.6 is 0 Å². The molecule has 0 saturated heterocycles. The number of hydrogen-bond donors (Lipinski definition) is 2. The number of phenols is 1. The number of carbonyl (C=O) groups is 1. The van der Waals surface area contributed by atoms with Crippen LogP contribution in [0.25, 0.3) is 10.8 Å². The monoisotopic (exact) mass is 223 g/mol. The predicted molar refractivity (Wildman–Crippen MR) is 58.8 cm³/mol. The topological polar surface area (TPSA) is 49.3 Å². The van der Waals surface area contributed by atoms with Crippen molar-refractivity contribution in [3.8, 4) is 5.75 Å². The van der Waals surface area contributed by atoms with Gasteiger partial charge in [0.25, 0.3) is 0 Å². The summed E-state index contributed by atoms with van der Waals surface area (Å²) in [6, 6.07) is 11.5. The Morgan fingerprint density at radius 2 is 2.12 bits per heavy atom. The molecule has 0 aliphatic carbocycles. The van der Waals surface area contributed by atoms with Crippen molar-refractivity contribution < 1.29 is 39.5 Å². The number of aromatic hydroxyl groups is 1. The van der Waals surface area contributed by atoms with Gasteiger partial charge in [-0.2, -0.15) is 18.2 Å². The van der Waals surface area contributed by atoms with E-state index in [1.807, 2.05) is 6.07 Å². The summed E-state index contributed by atoms with van der Waals surface area (Å²) >= 11 is 0. The van der Waals surface area contributed by atoms with Gasteiger partial charge in [0.05, 0.1) is 0 Å². The standard InChI is InChI=1S/C12H10NO2.Na/c1-8(14)13-10-6-2-4-9-5-3-7-11(15)12(9)10;/h3-7,15H,1H3,(H,13,14);/q-1;+1. The molecule has 0 atom stereocenters. The second kappa shape index (κ2) is 5.34. The largest absolute Gasteiger partial charge is 1.00 e. The second-order valence-corrected chi connectivity index (χ2v) is 3.29. The molecule has 0 saturated carbocycles. The van der Waals surface area contributed by atoms with Gasteiger partial charge in [-0.1, -0.05) is 17.1 Å². The first-order valence-corrected chi connectivity index (χ1v) is 4.58. The van der Waals surface area contributed by atoms with E-state index in [0.717, 1.165) is 5.39 Å². The van der Waals surface area contributed by atoms with Crippen LogP contribution in [0.15, 0.2) is 30.3 Å². The zero-order valence-electron chi connectivity index (χ0n) is 9.24. The number of nitrogens with one attached hydrogen (secondary N) is 1. The minimum Gasteiger partial charge on any atom is -0.509 e. The molecule has 76 valence electrons. The molecule has 2 aromatic rings. The number of anilines is 1. The first-order valence-electron chi connectivity index (χ1n) is 4.58. The van der Waals surface area contributed by atoms with Gasteiger partial charge in [-0.15, -0.1) is 11.5 Å². The molecule has 16 heavy (non-hydrogen) atoms. The molecule has 0 aliphatic heterocycles. The van der Waals surface area contributed by atoms with Crippen LogP contribution in [0.3, 0.4) is 0 Å². The number of rotatable bonds is 1. The fraction of sp³-hybridized carbons (Fsp3) is 0.0833. The Morgan fingerprint density at radius 1 is 1.38 bits per heavy atom. The summed E-state index contributed by atoms with van der Waals surface area (Å²) in [6.07, 6.45) is 0. The third-order valence-electron chi connectivity index (χ3n) is 2.12. The third kappa shape index (κ3) is 2.55. The van der Waals surface area contributed by atoms with Crippen molar-refractivity contribution in [2.45, 2.75) is 6.92 Å². The Morgan fingerprint density at radius 3 is 2.81 bits per heavy atom. The van der Waals surface area contributed by atoms with Crippen molar-refractivity contribution in [3.63, 3.8) is 0 Å². The molecular formula is C12H10NNaO2. The zero-order valence-corrected chi connectivity index (χ0v) is 11.2. The van der Waals surface area contributed by atoms with Crippen molar-refractivity contribution in [2.24, 2.45) is 0 Å². The van der Waals surface area contributed by atoms with Gasteiger partial charge in [-0.05, 0) is 6.07 Å². The number of phenolic OH excluding ortho intramolecular Hbond substituents is 1. The molecule has 4 heteroatoms. The van der Waals surface area contributed by atoms with Gasteiger partial charge < -0.3 is 10.4 Å². The quantitative estimate of drug-likeness (QED) is 0.496. The fourth-order valence-corrected chi connectivity index (χ4v) is 1.55. The van der Waals surface area contributed by atoms with Crippen LogP contribution in [0, 0.1) is 6.07 Å². The fourth-order valence-electron chi connectivity index (χ4n) is 1.55. The minimum atomic E-state index is -0.167. The maximum Gasteiger partial charge on any atom is 1.00 e. The SMILES string of the molecule is CC(=O)Nc1c[c-]cc2cccc(O)c12.[Na+]. The number of benzene rings is 2. The molecule has 2 rings (SSSR count). The van der Waals surface area contributed by atoms with Crippen LogP contribution in [-0.4, -0.2) is 11.0 Å². The molecule has 1 amide bonds. The van der Waals surface area contributed by atoms with E-state index in [-0.39, 0.29) is 41.2 Å². The zero-order chi connectivity index (χ0) is 10.8. The van der Waals surface area contributed by atoms with Crippen molar-refractivity contribution >= 4 is 22.4 Å². The Bertz CT molecular complexity index is 520. The molecule has 0 bridgehead atoms. The van der Waals surface area contributed by atoms with Crippen molar-refractivity contribution in [2.75, 3.05) is 5.32 Å². The molecular weight excluding hydrogens is 213 g/mol. The summed E-state index contributed by atoms with van der Waals surface area (Å²) in [7, 11) is 0. The smallest absolute Gasteiger partial charge is 0.509 e. The maximum absolute atomic E-state index is 11.0. The van der Waals surface area contributed by atoms with Crippen LogP contribution in [0.2, 0.25) is 0 Å². The Kier molecular flexibility index (Phi) is 4.35. The van der Waals surface area contributed by atoms with E-state index in [4.69, 9.17) is 0 Å². The summed E-state index contributed by atoms with van der Waals surface area (Å²) in [5, 5.41) is 13.9. The summed E-state index contributed by atoms with van der Waals surface area (Å²) in [4.78, 5) is 11.0. The first kappa shape index (κ1) is 13.0. The van der Waals surface area contributed by atoms with Crippen LogP contribution in [0.1, 0.15) is 6.92 Å². The molecule has 2 N–H and O–H groups in total. The van der Waals surface area contributed by atoms with Gasteiger partial charge in [0, 0.05) is 6.92 Å². The normalized spacial score (nSPS) is 9.56. The minimum absolute atomic E-state index is 0. The number of amides is 1. The number of fused-ring (bicyclic) bond motifs is 1. The van der Waals surface area contributed by atoms with E-state index in [1.165, 1.54) is 6.92 Å². The van der Waals surface area contributed by atoms with Crippen LogP contribution < -0.4 is 34.9 Å². The van der Waals surface area contributed by atoms with Crippen molar-refractivity contribution in [1.82, 2.24) is 0 Å². The molecule has 0 radical (unpaired) electrons. The third-order valence-corrected chi connectivity index (χ3v) is 2.12. The number of carbonyl (C=O) groups excluding carboxylic acids is 1. The number of hydrogen-bond acceptors (Lipinski definition) is 2. The Balaban J connectivity index is 0.00000128. The van der Waals surface area contributed by atoms with Gasteiger partial charge in [-0.25, -0.2) is 0 Å². The summed E-state index contributed by atoms with van der Waals surface area (Å²) < 4.78 is 0. The summed E-state index contributed by atoms with van der Waals surface area (Å²) in [5.41, 5.74) is 0.582. The molecule has 0 heterocycles. The molecule has 0 unspecified atom stereocenters. The van der Waals surface area contributed by atoms with E-state index in [2.05, 4.69) is 11.4 Å². The average Bonchev–Trinajstić information content (AvgIpc) is 2.17. The summed E-state index contributed by atoms with van der Waals surface area (Å²) in [5.74, 6) is -0.00981. The Hall–Kier alpha value is -1.03. The van der Waals surface area contributed by atoms with E-state index >= 15 is 0 Å². The van der Waals surface area contributed by atoms with Gasteiger partial charge in [0.15, 0.2) is 0 Å². The van der Waals surface area contributed by atoms with Crippen molar-refractivity contribution in [1.29, 1.82) is 0 Å². The van der Waals surface area contributed by atoms with Gasteiger partial charge in [0.2, 0.25) is 5.91 Å². The maximum atomic E-state index is 11.0. The van der Waals surface area contributed by atoms with Gasteiger partial charge >= 0.3 is 29.6 Å². The van der Waals surface area contributed by atoms with E-state index in [9.17, 15) is 9.90 Å². The molecule has 0 fully saturated rings. The molecule has 2 aromatic carbocycles. The van der Waals surface area contributed by atoms with E-state index in [1.54, 1.807) is 24.3 Å².